The van der Waals surface area contributed by atoms with Gasteiger partial charge in [-0.15, -0.1) is 0 Å². The van der Waals surface area contributed by atoms with Crippen molar-refractivity contribution in [3.63, 3.8) is 0 Å². The third-order valence-corrected chi connectivity index (χ3v) is 4.19. The van der Waals surface area contributed by atoms with Crippen molar-refractivity contribution in [1.29, 1.82) is 0 Å². The van der Waals surface area contributed by atoms with Crippen molar-refractivity contribution >= 4 is 40.1 Å². The maximum Gasteiger partial charge on any atom is 0.341 e. The Kier molecular flexibility index (Phi) is 5.87. The summed E-state index contributed by atoms with van der Waals surface area (Å²) in [5, 5.41) is 13.3. The number of hydrogen-bond acceptors (Lipinski definition) is 4. The van der Waals surface area contributed by atoms with Crippen LogP contribution in [0.15, 0.2) is 36.4 Å². The molecular weight excluding hydrogens is 314 g/mol. The molecule has 0 aromatic heterocycles. The molecule has 1 amide bonds. The summed E-state index contributed by atoms with van der Waals surface area (Å²) in [5.74, 6) is 0.0785. The number of amides is 1. The highest BCUT2D eigenvalue weighted by atomic mass is 32.2. The number of ether oxygens (including phenoxy) is 1. The predicted octanol–water partition coefficient (Wildman–Crippen LogP) is 3.24. The first-order valence-corrected chi connectivity index (χ1v) is 8.58. The van der Waals surface area contributed by atoms with Crippen LogP contribution in [-0.4, -0.2) is 35.6 Å². The second-order valence-electron chi connectivity index (χ2n) is 5.18. The van der Waals surface area contributed by atoms with E-state index in [0.717, 1.165) is 16.5 Å². The number of fused-ring (bicyclic) bond motifs is 1. The zero-order chi connectivity index (χ0) is 16.8. The fraction of sp³-hybridized carbons (Fsp3) is 0.294. The number of carbonyl (C=O) groups excluding carboxylic acids is 1. The summed E-state index contributed by atoms with van der Waals surface area (Å²) in [5.41, 5.74) is 0.696. The SMILES string of the molecule is CSCC(C)C(=O)Nc1ccc(OCC(=O)O)c2ccccc12. The van der Waals surface area contributed by atoms with Gasteiger partial charge in [-0.1, -0.05) is 31.2 Å². The number of aliphatic carboxylic acids is 1. The molecule has 1 atom stereocenters. The van der Waals surface area contributed by atoms with Crippen molar-refractivity contribution < 1.29 is 19.4 Å². The van der Waals surface area contributed by atoms with Crippen molar-refractivity contribution in [3.8, 4) is 5.75 Å². The van der Waals surface area contributed by atoms with E-state index in [0.29, 0.717) is 11.4 Å². The largest absolute Gasteiger partial charge is 0.481 e. The molecule has 0 radical (unpaired) electrons. The number of anilines is 1. The van der Waals surface area contributed by atoms with Gasteiger partial charge in [0.15, 0.2) is 6.61 Å². The first-order valence-electron chi connectivity index (χ1n) is 7.19. The highest BCUT2D eigenvalue weighted by Crippen LogP contribution is 2.32. The molecule has 0 saturated heterocycles. The lowest BCUT2D eigenvalue weighted by Gasteiger charge is -2.15. The normalized spacial score (nSPS) is 11.9. The van der Waals surface area contributed by atoms with Crippen LogP contribution in [0.4, 0.5) is 5.69 Å². The van der Waals surface area contributed by atoms with Crippen LogP contribution in [0, 0.1) is 5.92 Å². The lowest BCUT2D eigenvalue weighted by Crippen LogP contribution is -2.22. The molecular formula is C17H19NO4S. The second kappa shape index (κ2) is 7.87. The molecule has 0 aliphatic rings. The van der Waals surface area contributed by atoms with E-state index in [2.05, 4.69) is 5.32 Å². The fourth-order valence-electron chi connectivity index (χ4n) is 2.23. The van der Waals surface area contributed by atoms with E-state index in [1.165, 1.54) is 0 Å². The minimum absolute atomic E-state index is 0.0382. The molecule has 1 unspecified atom stereocenters. The molecule has 0 fully saturated rings. The number of carboxylic acids is 1. The van der Waals surface area contributed by atoms with Crippen LogP contribution < -0.4 is 10.1 Å². The van der Waals surface area contributed by atoms with E-state index in [4.69, 9.17) is 9.84 Å². The Morgan fingerprint density at radius 3 is 2.57 bits per heavy atom. The van der Waals surface area contributed by atoms with Crippen molar-refractivity contribution in [1.82, 2.24) is 0 Å². The van der Waals surface area contributed by atoms with Crippen molar-refractivity contribution in [2.24, 2.45) is 5.92 Å². The van der Waals surface area contributed by atoms with Crippen LogP contribution in [0.2, 0.25) is 0 Å². The summed E-state index contributed by atoms with van der Waals surface area (Å²) in [6, 6.07) is 10.8. The van der Waals surface area contributed by atoms with E-state index >= 15 is 0 Å². The van der Waals surface area contributed by atoms with E-state index < -0.39 is 12.6 Å². The predicted molar refractivity (Wildman–Crippen MR) is 93.3 cm³/mol. The summed E-state index contributed by atoms with van der Waals surface area (Å²) >= 11 is 1.63. The molecule has 0 spiro atoms. The number of carbonyl (C=O) groups is 2. The van der Waals surface area contributed by atoms with Crippen LogP contribution in [0.5, 0.6) is 5.75 Å². The van der Waals surface area contributed by atoms with Gasteiger partial charge >= 0.3 is 5.97 Å². The van der Waals surface area contributed by atoms with Gasteiger partial charge in [0.05, 0.1) is 0 Å². The van der Waals surface area contributed by atoms with Crippen LogP contribution in [0.25, 0.3) is 10.8 Å². The lowest BCUT2D eigenvalue weighted by molar-refractivity contribution is -0.139. The molecule has 0 aliphatic heterocycles. The van der Waals surface area contributed by atoms with E-state index in [9.17, 15) is 9.59 Å². The van der Waals surface area contributed by atoms with Crippen molar-refractivity contribution in [2.45, 2.75) is 6.92 Å². The number of thioether (sulfide) groups is 1. The van der Waals surface area contributed by atoms with Crippen LogP contribution in [-0.2, 0) is 9.59 Å². The van der Waals surface area contributed by atoms with Gasteiger partial charge < -0.3 is 15.2 Å². The Balaban J connectivity index is 2.30. The average Bonchev–Trinajstić information content (AvgIpc) is 2.54. The van der Waals surface area contributed by atoms with Crippen molar-refractivity contribution in [3.05, 3.63) is 36.4 Å². The summed E-state index contributed by atoms with van der Waals surface area (Å²) in [6.07, 6.45) is 1.97. The van der Waals surface area contributed by atoms with Gasteiger partial charge in [-0.2, -0.15) is 11.8 Å². The summed E-state index contributed by atoms with van der Waals surface area (Å²) in [6.45, 7) is 1.48. The van der Waals surface area contributed by atoms with Gasteiger partial charge in [0.1, 0.15) is 5.75 Å². The fourth-order valence-corrected chi connectivity index (χ4v) is 2.88. The van der Waals surface area contributed by atoms with E-state index in [-0.39, 0.29) is 11.8 Å². The quantitative estimate of drug-likeness (QED) is 0.813. The van der Waals surface area contributed by atoms with Gasteiger partial charge in [-0.05, 0) is 18.4 Å². The number of rotatable bonds is 7. The summed E-state index contributed by atoms with van der Waals surface area (Å²) in [4.78, 5) is 22.9. The molecule has 0 heterocycles. The van der Waals surface area contributed by atoms with Crippen LogP contribution >= 0.6 is 11.8 Å². The topological polar surface area (TPSA) is 75.6 Å². The van der Waals surface area contributed by atoms with Crippen LogP contribution in [0.3, 0.4) is 0 Å². The first-order chi connectivity index (χ1) is 11.0. The van der Waals surface area contributed by atoms with Gasteiger partial charge in [0.2, 0.25) is 5.91 Å². The Labute approximate surface area is 139 Å². The third kappa shape index (κ3) is 4.39. The summed E-state index contributed by atoms with van der Waals surface area (Å²) in [7, 11) is 0. The second-order valence-corrected chi connectivity index (χ2v) is 6.10. The Morgan fingerprint density at radius 2 is 1.91 bits per heavy atom. The molecule has 122 valence electrons. The lowest BCUT2D eigenvalue weighted by atomic mass is 10.1. The van der Waals surface area contributed by atoms with Gasteiger partial charge in [0, 0.05) is 28.1 Å². The summed E-state index contributed by atoms with van der Waals surface area (Å²) < 4.78 is 5.31. The maximum absolute atomic E-state index is 12.2. The van der Waals surface area contributed by atoms with Gasteiger partial charge in [-0.3, -0.25) is 4.79 Å². The number of hydrogen-bond donors (Lipinski definition) is 2. The van der Waals surface area contributed by atoms with Gasteiger partial charge in [0.25, 0.3) is 0 Å². The third-order valence-electron chi connectivity index (χ3n) is 3.36. The molecule has 5 nitrogen and oxygen atoms in total. The number of carboxylic acid groups (broad SMARTS) is 1. The monoisotopic (exact) mass is 333 g/mol. The Hall–Kier alpha value is -2.21. The van der Waals surface area contributed by atoms with E-state index in [1.54, 1.807) is 23.9 Å². The Bertz CT molecular complexity index is 717. The highest BCUT2D eigenvalue weighted by molar-refractivity contribution is 7.98. The molecule has 2 aromatic rings. The molecule has 6 heteroatoms. The molecule has 0 aliphatic carbocycles. The average molecular weight is 333 g/mol. The zero-order valence-electron chi connectivity index (χ0n) is 13.0. The standard InChI is InChI=1S/C17H19NO4S/c1-11(10-23-2)17(21)18-14-7-8-15(22-9-16(19)20)13-6-4-3-5-12(13)14/h3-8,11H,9-10H2,1-2H3,(H,18,21)(H,19,20). The van der Waals surface area contributed by atoms with Crippen LogP contribution in [0.1, 0.15) is 6.92 Å². The number of benzene rings is 2. The molecule has 2 aromatic carbocycles. The zero-order valence-corrected chi connectivity index (χ0v) is 13.9. The Morgan fingerprint density at radius 1 is 1.22 bits per heavy atom. The minimum atomic E-state index is -1.03. The molecule has 2 rings (SSSR count). The van der Waals surface area contributed by atoms with E-state index in [1.807, 2.05) is 37.4 Å². The molecule has 0 saturated carbocycles. The smallest absolute Gasteiger partial charge is 0.341 e. The van der Waals surface area contributed by atoms with Gasteiger partial charge in [-0.25, -0.2) is 4.79 Å². The highest BCUT2D eigenvalue weighted by Gasteiger charge is 2.15. The first kappa shape index (κ1) is 17.1. The molecule has 2 N–H and O–H groups in total. The maximum atomic E-state index is 12.2. The number of nitrogens with one attached hydrogen (secondary N) is 1. The molecule has 0 bridgehead atoms. The molecule has 23 heavy (non-hydrogen) atoms. The minimum Gasteiger partial charge on any atom is -0.481 e. The van der Waals surface area contributed by atoms with Crippen molar-refractivity contribution in [2.75, 3.05) is 23.9 Å².